The molecule has 1 unspecified atom stereocenters. The number of benzene rings is 2. The minimum Gasteiger partial charge on any atom is -0.479 e. The van der Waals surface area contributed by atoms with Crippen LogP contribution in [0.3, 0.4) is 0 Å². The third-order valence-corrected chi connectivity index (χ3v) is 3.28. The summed E-state index contributed by atoms with van der Waals surface area (Å²) in [6.45, 7) is 0. The highest BCUT2D eigenvalue weighted by molar-refractivity contribution is 6.22. The Bertz CT molecular complexity index is 787. The van der Waals surface area contributed by atoms with Crippen molar-refractivity contribution in [2.24, 2.45) is 4.99 Å². The number of nitrogens with one attached hydrogen (secondary N) is 1. The van der Waals surface area contributed by atoms with E-state index in [-0.39, 0.29) is 5.71 Å². The van der Waals surface area contributed by atoms with Crippen LogP contribution >= 0.6 is 0 Å². The number of carboxylic acid groups (broad SMARTS) is 1. The van der Waals surface area contributed by atoms with Crippen LogP contribution < -0.4 is 5.32 Å². The Morgan fingerprint density at radius 3 is 2.59 bits per heavy atom. The van der Waals surface area contributed by atoms with Crippen molar-refractivity contribution in [1.82, 2.24) is 0 Å². The Kier molecular flexibility index (Phi) is 3.42. The van der Waals surface area contributed by atoms with E-state index in [1.165, 1.54) is 18.2 Å². The Balaban J connectivity index is 2.25. The topological polar surface area (TPSA) is 78.8 Å². The number of halogens is 1. The van der Waals surface area contributed by atoms with E-state index in [1.807, 2.05) is 0 Å². The first-order valence-electron chi connectivity index (χ1n) is 6.53. The molecule has 1 amide bonds. The van der Waals surface area contributed by atoms with Gasteiger partial charge in [-0.3, -0.25) is 9.79 Å². The molecule has 2 aromatic rings. The van der Waals surface area contributed by atoms with Gasteiger partial charge in [0, 0.05) is 11.1 Å². The van der Waals surface area contributed by atoms with E-state index in [4.69, 9.17) is 0 Å². The van der Waals surface area contributed by atoms with Crippen molar-refractivity contribution >= 4 is 23.3 Å². The molecule has 0 spiro atoms. The fourth-order valence-electron chi connectivity index (χ4n) is 2.27. The van der Waals surface area contributed by atoms with Crippen LogP contribution in [-0.4, -0.2) is 28.7 Å². The van der Waals surface area contributed by atoms with Crippen molar-refractivity contribution in [3.8, 4) is 0 Å². The van der Waals surface area contributed by atoms with Crippen molar-refractivity contribution in [2.75, 3.05) is 5.32 Å². The third-order valence-electron chi connectivity index (χ3n) is 3.28. The Morgan fingerprint density at radius 1 is 1.18 bits per heavy atom. The van der Waals surface area contributed by atoms with Crippen LogP contribution in [0, 0.1) is 5.82 Å². The quantitative estimate of drug-likeness (QED) is 0.833. The molecule has 0 saturated carbocycles. The number of hydrogen-bond acceptors (Lipinski definition) is 3. The van der Waals surface area contributed by atoms with E-state index in [2.05, 4.69) is 10.3 Å². The summed E-state index contributed by atoms with van der Waals surface area (Å²) in [7, 11) is 0. The lowest BCUT2D eigenvalue weighted by atomic mass is 10.0. The average molecular weight is 298 g/mol. The van der Waals surface area contributed by atoms with Crippen LogP contribution in [0.5, 0.6) is 0 Å². The number of aliphatic carboxylic acids is 1. The van der Waals surface area contributed by atoms with Crippen molar-refractivity contribution in [3.05, 3.63) is 65.5 Å². The summed E-state index contributed by atoms with van der Waals surface area (Å²) < 4.78 is 13.6. The number of benzodiazepines with no additional fused rings is 1. The van der Waals surface area contributed by atoms with Gasteiger partial charge in [-0.25, -0.2) is 9.18 Å². The van der Waals surface area contributed by atoms with Gasteiger partial charge in [-0.15, -0.1) is 0 Å². The van der Waals surface area contributed by atoms with Crippen molar-refractivity contribution < 1.29 is 19.1 Å². The predicted molar refractivity (Wildman–Crippen MR) is 78.5 cm³/mol. The number of amides is 1. The summed E-state index contributed by atoms with van der Waals surface area (Å²) >= 11 is 0. The Hall–Kier alpha value is -3.02. The van der Waals surface area contributed by atoms with Gasteiger partial charge in [-0.1, -0.05) is 30.3 Å². The molecule has 5 nitrogen and oxygen atoms in total. The molecule has 0 aliphatic carbocycles. The van der Waals surface area contributed by atoms with E-state index in [9.17, 15) is 19.1 Å². The molecule has 110 valence electrons. The highest BCUT2D eigenvalue weighted by Crippen LogP contribution is 2.25. The van der Waals surface area contributed by atoms with E-state index < -0.39 is 23.7 Å². The van der Waals surface area contributed by atoms with Crippen LogP contribution in [0.2, 0.25) is 0 Å². The lowest BCUT2D eigenvalue weighted by Gasteiger charge is -2.09. The number of nitrogens with zero attached hydrogens (tertiary/aromatic N) is 1. The van der Waals surface area contributed by atoms with Crippen molar-refractivity contribution in [1.29, 1.82) is 0 Å². The molecule has 1 aliphatic rings. The van der Waals surface area contributed by atoms with Gasteiger partial charge in [0.1, 0.15) is 5.82 Å². The zero-order valence-electron chi connectivity index (χ0n) is 11.3. The number of carbonyl (C=O) groups excluding carboxylic acids is 1. The van der Waals surface area contributed by atoms with Gasteiger partial charge in [-0.2, -0.15) is 0 Å². The molecule has 2 aromatic carbocycles. The van der Waals surface area contributed by atoms with Gasteiger partial charge in [-0.05, 0) is 18.2 Å². The van der Waals surface area contributed by atoms with Gasteiger partial charge in [0.15, 0.2) is 0 Å². The molecule has 0 fully saturated rings. The van der Waals surface area contributed by atoms with Crippen LogP contribution in [-0.2, 0) is 9.59 Å². The largest absolute Gasteiger partial charge is 0.479 e. The lowest BCUT2D eigenvalue weighted by molar-refractivity contribution is -0.141. The van der Waals surface area contributed by atoms with Gasteiger partial charge in [0.2, 0.25) is 6.04 Å². The minimum absolute atomic E-state index is 0.265. The SMILES string of the molecule is O=C(O)C1N=C(c2ccccc2)c2cc(F)ccc2NC1=O. The smallest absolute Gasteiger partial charge is 0.338 e. The summed E-state index contributed by atoms with van der Waals surface area (Å²) in [6, 6.07) is 11.0. The first-order chi connectivity index (χ1) is 10.6. The molecule has 22 heavy (non-hydrogen) atoms. The molecule has 0 aromatic heterocycles. The molecular formula is C16H11FN2O3. The second-order valence-electron chi connectivity index (χ2n) is 4.76. The normalized spacial score (nSPS) is 17.0. The number of anilines is 1. The average Bonchev–Trinajstić information content (AvgIpc) is 2.64. The summed E-state index contributed by atoms with van der Waals surface area (Å²) in [6.07, 6.45) is 0. The molecule has 6 heteroatoms. The summed E-state index contributed by atoms with van der Waals surface area (Å²) in [5, 5.41) is 11.7. The lowest BCUT2D eigenvalue weighted by Crippen LogP contribution is -2.32. The monoisotopic (exact) mass is 298 g/mol. The fraction of sp³-hybridized carbons (Fsp3) is 0.0625. The van der Waals surface area contributed by atoms with Crippen molar-refractivity contribution in [2.45, 2.75) is 6.04 Å². The van der Waals surface area contributed by atoms with E-state index in [0.29, 0.717) is 16.8 Å². The van der Waals surface area contributed by atoms with Gasteiger partial charge in [0.05, 0.1) is 11.4 Å². The number of rotatable bonds is 2. The molecule has 1 heterocycles. The first kappa shape index (κ1) is 13.9. The number of hydrogen-bond donors (Lipinski definition) is 2. The molecule has 1 atom stereocenters. The standard InChI is InChI=1S/C16H11FN2O3/c17-10-6-7-12-11(8-10)13(9-4-2-1-3-5-9)19-14(16(21)22)15(20)18-12/h1-8,14H,(H,18,20)(H,21,22). The van der Waals surface area contributed by atoms with Crippen molar-refractivity contribution in [3.63, 3.8) is 0 Å². The number of fused-ring (bicyclic) bond motifs is 1. The second-order valence-corrected chi connectivity index (χ2v) is 4.76. The third kappa shape index (κ3) is 2.46. The summed E-state index contributed by atoms with van der Waals surface area (Å²) in [5.41, 5.74) is 1.55. The first-order valence-corrected chi connectivity index (χ1v) is 6.53. The molecule has 0 radical (unpaired) electrons. The molecule has 3 rings (SSSR count). The molecule has 2 N–H and O–H groups in total. The van der Waals surface area contributed by atoms with Crippen LogP contribution in [0.4, 0.5) is 10.1 Å². The van der Waals surface area contributed by atoms with Crippen LogP contribution in [0.15, 0.2) is 53.5 Å². The second kappa shape index (κ2) is 5.40. The minimum atomic E-state index is -1.58. The zero-order chi connectivity index (χ0) is 15.7. The number of aliphatic imine (C=N–C) groups is 1. The van der Waals surface area contributed by atoms with Gasteiger partial charge >= 0.3 is 5.97 Å². The molecular weight excluding hydrogens is 287 g/mol. The van der Waals surface area contributed by atoms with Crippen LogP contribution in [0.1, 0.15) is 11.1 Å². The maximum Gasteiger partial charge on any atom is 0.338 e. The summed E-state index contributed by atoms with van der Waals surface area (Å²) in [5.74, 6) is -2.61. The molecule has 1 aliphatic heterocycles. The van der Waals surface area contributed by atoms with E-state index in [1.54, 1.807) is 30.3 Å². The zero-order valence-corrected chi connectivity index (χ0v) is 11.3. The predicted octanol–water partition coefficient (Wildman–Crippen LogP) is 2.07. The Morgan fingerprint density at radius 2 is 1.91 bits per heavy atom. The fourth-order valence-corrected chi connectivity index (χ4v) is 2.27. The Labute approximate surface area is 125 Å². The number of carboxylic acids is 1. The molecule has 0 bridgehead atoms. The molecule has 0 saturated heterocycles. The number of carbonyl (C=O) groups is 2. The highest BCUT2D eigenvalue weighted by Gasteiger charge is 2.31. The van der Waals surface area contributed by atoms with Gasteiger partial charge in [0.25, 0.3) is 5.91 Å². The summed E-state index contributed by atoms with van der Waals surface area (Å²) in [4.78, 5) is 27.3. The van der Waals surface area contributed by atoms with E-state index in [0.717, 1.165) is 0 Å². The highest BCUT2D eigenvalue weighted by atomic mass is 19.1. The van der Waals surface area contributed by atoms with E-state index >= 15 is 0 Å². The van der Waals surface area contributed by atoms with Crippen LogP contribution in [0.25, 0.3) is 0 Å². The maximum atomic E-state index is 13.6. The maximum absolute atomic E-state index is 13.6. The van der Waals surface area contributed by atoms with Gasteiger partial charge < -0.3 is 10.4 Å².